The first-order valence-corrected chi connectivity index (χ1v) is 11.5. The zero-order valence-electron chi connectivity index (χ0n) is 17.3. The standard InChI is InChI=1S/C22H21ClFN3O4S/c1-14(2)31-21-10-3-15(12-25-21)13-26-22(28)16-4-9-19(23)20(11-16)27-32(29,30)18-7-5-17(24)6-8-18/h3-12,14,27H,13H2,1-2H3,(H,26,28). The van der Waals surface area contributed by atoms with E-state index in [9.17, 15) is 17.6 Å². The minimum atomic E-state index is -4.02. The number of hydrogen-bond acceptors (Lipinski definition) is 5. The molecule has 0 aliphatic rings. The maximum absolute atomic E-state index is 13.1. The summed E-state index contributed by atoms with van der Waals surface area (Å²) in [7, 11) is -4.02. The zero-order valence-corrected chi connectivity index (χ0v) is 18.9. The fourth-order valence-corrected chi connectivity index (χ4v) is 3.96. The average Bonchev–Trinajstić information content (AvgIpc) is 2.74. The van der Waals surface area contributed by atoms with Gasteiger partial charge in [-0.1, -0.05) is 17.7 Å². The zero-order chi connectivity index (χ0) is 23.3. The third-order valence-corrected chi connectivity index (χ3v) is 5.91. The second-order valence-corrected chi connectivity index (χ2v) is 9.20. The molecular formula is C22H21ClFN3O4S. The van der Waals surface area contributed by atoms with Crippen LogP contribution in [0.5, 0.6) is 5.88 Å². The molecule has 7 nitrogen and oxygen atoms in total. The molecule has 1 amide bonds. The highest BCUT2D eigenvalue weighted by Crippen LogP contribution is 2.26. The van der Waals surface area contributed by atoms with Gasteiger partial charge < -0.3 is 10.1 Å². The number of pyridine rings is 1. The Balaban J connectivity index is 1.69. The summed E-state index contributed by atoms with van der Waals surface area (Å²) >= 11 is 6.10. The van der Waals surface area contributed by atoms with E-state index < -0.39 is 21.7 Å². The van der Waals surface area contributed by atoms with Crippen LogP contribution in [0.4, 0.5) is 10.1 Å². The number of halogens is 2. The largest absolute Gasteiger partial charge is 0.475 e. The van der Waals surface area contributed by atoms with Gasteiger partial charge in [-0.2, -0.15) is 0 Å². The molecule has 0 unspecified atom stereocenters. The highest BCUT2D eigenvalue weighted by molar-refractivity contribution is 7.92. The molecule has 1 heterocycles. The van der Waals surface area contributed by atoms with E-state index in [0.29, 0.717) is 5.88 Å². The molecule has 0 aliphatic carbocycles. The molecule has 2 aromatic carbocycles. The minimum Gasteiger partial charge on any atom is -0.475 e. The molecule has 0 radical (unpaired) electrons. The molecule has 2 N–H and O–H groups in total. The van der Waals surface area contributed by atoms with E-state index in [4.69, 9.17) is 16.3 Å². The number of amides is 1. The van der Waals surface area contributed by atoms with Gasteiger partial charge in [-0.3, -0.25) is 9.52 Å². The molecule has 3 aromatic rings. The first-order chi connectivity index (χ1) is 15.1. The number of aromatic nitrogens is 1. The van der Waals surface area contributed by atoms with Gasteiger partial charge in [0.2, 0.25) is 5.88 Å². The summed E-state index contributed by atoms with van der Waals surface area (Å²) in [5, 5.41) is 2.85. The van der Waals surface area contributed by atoms with E-state index in [-0.39, 0.29) is 33.8 Å². The van der Waals surface area contributed by atoms with Crippen molar-refractivity contribution < 1.29 is 22.3 Å². The Hall–Kier alpha value is -3.17. The molecule has 0 atom stereocenters. The van der Waals surface area contributed by atoms with Crippen molar-refractivity contribution >= 4 is 33.2 Å². The lowest BCUT2D eigenvalue weighted by molar-refractivity contribution is 0.0951. The lowest BCUT2D eigenvalue weighted by atomic mass is 10.2. The number of carbonyl (C=O) groups excluding carboxylic acids is 1. The monoisotopic (exact) mass is 477 g/mol. The number of rotatable bonds is 8. The Morgan fingerprint density at radius 1 is 1.12 bits per heavy atom. The number of nitrogens with one attached hydrogen (secondary N) is 2. The molecular weight excluding hydrogens is 457 g/mol. The van der Waals surface area contributed by atoms with Crippen molar-refractivity contribution in [3.63, 3.8) is 0 Å². The number of ether oxygens (including phenoxy) is 1. The van der Waals surface area contributed by atoms with Gasteiger partial charge in [0.25, 0.3) is 15.9 Å². The second-order valence-electron chi connectivity index (χ2n) is 7.11. The first kappa shape index (κ1) is 23.5. The van der Waals surface area contributed by atoms with Crippen LogP contribution in [0.3, 0.4) is 0 Å². The topological polar surface area (TPSA) is 97.4 Å². The molecule has 168 valence electrons. The summed E-state index contributed by atoms with van der Waals surface area (Å²) in [6, 6.07) is 12.1. The lowest BCUT2D eigenvalue weighted by Gasteiger charge is -2.12. The predicted molar refractivity (Wildman–Crippen MR) is 120 cm³/mol. The van der Waals surface area contributed by atoms with Crippen LogP contribution in [0.25, 0.3) is 0 Å². The van der Waals surface area contributed by atoms with E-state index in [1.807, 2.05) is 13.8 Å². The predicted octanol–water partition coefficient (Wildman–Crippen LogP) is 4.39. The molecule has 0 fully saturated rings. The Bertz CT molecular complexity index is 1200. The molecule has 3 rings (SSSR count). The van der Waals surface area contributed by atoms with Crippen molar-refractivity contribution in [2.45, 2.75) is 31.4 Å². The fraction of sp³-hybridized carbons (Fsp3) is 0.182. The number of sulfonamides is 1. The quantitative estimate of drug-likeness (QED) is 0.501. The molecule has 0 aliphatic heterocycles. The van der Waals surface area contributed by atoms with E-state index in [0.717, 1.165) is 29.8 Å². The number of anilines is 1. The summed E-state index contributed by atoms with van der Waals surface area (Å²) in [6.07, 6.45) is 1.61. The van der Waals surface area contributed by atoms with Crippen LogP contribution in [-0.4, -0.2) is 25.4 Å². The van der Waals surface area contributed by atoms with Crippen molar-refractivity contribution in [2.75, 3.05) is 4.72 Å². The van der Waals surface area contributed by atoms with Crippen molar-refractivity contribution in [2.24, 2.45) is 0 Å². The van der Waals surface area contributed by atoms with Gasteiger partial charge in [-0.15, -0.1) is 0 Å². The Morgan fingerprint density at radius 3 is 2.47 bits per heavy atom. The van der Waals surface area contributed by atoms with Crippen LogP contribution in [-0.2, 0) is 16.6 Å². The number of nitrogens with zero attached hydrogens (tertiary/aromatic N) is 1. The smallest absolute Gasteiger partial charge is 0.261 e. The number of benzene rings is 2. The van der Waals surface area contributed by atoms with Crippen LogP contribution in [0, 0.1) is 5.82 Å². The minimum absolute atomic E-state index is 0.00707. The van der Waals surface area contributed by atoms with Crippen molar-refractivity contribution in [3.05, 3.63) is 82.8 Å². The molecule has 1 aromatic heterocycles. The van der Waals surface area contributed by atoms with E-state index in [1.165, 1.54) is 18.2 Å². The number of carbonyl (C=O) groups is 1. The third kappa shape index (κ3) is 6.18. The fourth-order valence-electron chi connectivity index (χ4n) is 2.67. The van der Waals surface area contributed by atoms with Gasteiger partial charge in [0.15, 0.2) is 0 Å². The van der Waals surface area contributed by atoms with Crippen LogP contribution in [0.2, 0.25) is 5.02 Å². The summed E-state index contributed by atoms with van der Waals surface area (Å²) in [5.74, 6) is -0.491. The van der Waals surface area contributed by atoms with Gasteiger partial charge in [-0.05, 0) is 61.9 Å². The van der Waals surface area contributed by atoms with Crippen molar-refractivity contribution in [1.29, 1.82) is 0 Å². The Labute approximate surface area is 190 Å². The van der Waals surface area contributed by atoms with Gasteiger partial charge in [0.05, 0.1) is 21.7 Å². The first-order valence-electron chi connectivity index (χ1n) is 9.62. The van der Waals surface area contributed by atoms with Gasteiger partial charge in [0.1, 0.15) is 5.82 Å². The summed E-state index contributed by atoms with van der Waals surface area (Å²) in [6.45, 7) is 4.01. The van der Waals surface area contributed by atoms with E-state index in [2.05, 4.69) is 15.0 Å². The van der Waals surface area contributed by atoms with Crippen LogP contribution < -0.4 is 14.8 Å². The summed E-state index contributed by atoms with van der Waals surface area (Å²) in [4.78, 5) is 16.6. The summed E-state index contributed by atoms with van der Waals surface area (Å²) < 4.78 is 46.0. The highest BCUT2D eigenvalue weighted by Gasteiger charge is 2.17. The van der Waals surface area contributed by atoms with Crippen LogP contribution in [0.1, 0.15) is 29.8 Å². The van der Waals surface area contributed by atoms with E-state index >= 15 is 0 Å². The lowest BCUT2D eigenvalue weighted by Crippen LogP contribution is -2.23. The second kappa shape index (κ2) is 9.97. The molecule has 32 heavy (non-hydrogen) atoms. The molecule has 10 heteroatoms. The maximum atomic E-state index is 13.1. The number of hydrogen-bond donors (Lipinski definition) is 2. The Morgan fingerprint density at radius 2 is 1.84 bits per heavy atom. The molecule has 0 saturated heterocycles. The van der Waals surface area contributed by atoms with Crippen molar-refractivity contribution in [1.82, 2.24) is 10.3 Å². The SMILES string of the molecule is CC(C)Oc1ccc(CNC(=O)c2ccc(Cl)c(NS(=O)(=O)c3ccc(F)cc3)c2)cn1. The maximum Gasteiger partial charge on any atom is 0.261 e. The van der Waals surface area contributed by atoms with E-state index in [1.54, 1.807) is 18.3 Å². The normalized spacial score (nSPS) is 11.3. The van der Waals surface area contributed by atoms with Crippen LogP contribution in [0.15, 0.2) is 65.7 Å². The average molecular weight is 478 g/mol. The van der Waals surface area contributed by atoms with Crippen molar-refractivity contribution in [3.8, 4) is 5.88 Å². The third-order valence-electron chi connectivity index (χ3n) is 4.20. The molecule has 0 saturated carbocycles. The highest BCUT2D eigenvalue weighted by atomic mass is 35.5. The van der Waals surface area contributed by atoms with Gasteiger partial charge >= 0.3 is 0 Å². The van der Waals surface area contributed by atoms with Crippen LogP contribution >= 0.6 is 11.6 Å². The van der Waals surface area contributed by atoms with Gasteiger partial charge in [-0.25, -0.2) is 17.8 Å². The Kier molecular flexibility index (Phi) is 7.32. The molecule has 0 bridgehead atoms. The molecule has 0 spiro atoms. The van der Waals surface area contributed by atoms with Gasteiger partial charge in [0, 0.05) is 24.4 Å². The summed E-state index contributed by atoms with van der Waals surface area (Å²) in [5.41, 5.74) is 1.00.